The van der Waals surface area contributed by atoms with E-state index in [1.807, 2.05) is 0 Å². The summed E-state index contributed by atoms with van der Waals surface area (Å²) in [6, 6.07) is 10.8. The maximum absolute atomic E-state index is 6.25. The van der Waals surface area contributed by atoms with Crippen molar-refractivity contribution >= 4 is 0 Å². The van der Waals surface area contributed by atoms with E-state index in [-0.39, 0.29) is 6.04 Å². The van der Waals surface area contributed by atoms with Crippen molar-refractivity contribution in [1.82, 2.24) is 4.90 Å². The van der Waals surface area contributed by atoms with E-state index in [9.17, 15) is 0 Å². The summed E-state index contributed by atoms with van der Waals surface area (Å²) in [5.74, 6) is 0. The van der Waals surface area contributed by atoms with Gasteiger partial charge >= 0.3 is 0 Å². The molecule has 2 heteroatoms. The van der Waals surface area contributed by atoms with Crippen LogP contribution >= 0.6 is 0 Å². The van der Waals surface area contributed by atoms with Crippen LogP contribution in [0.4, 0.5) is 0 Å². The highest BCUT2D eigenvalue weighted by atomic mass is 15.1. The minimum Gasteiger partial charge on any atom is -0.326 e. The van der Waals surface area contributed by atoms with E-state index in [2.05, 4.69) is 49.2 Å². The van der Waals surface area contributed by atoms with E-state index in [1.165, 1.54) is 57.1 Å². The van der Waals surface area contributed by atoms with Crippen LogP contribution in [-0.2, 0) is 6.42 Å². The number of hydrogen-bond donors (Lipinski definition) is 1. The molecule has 0 saturated carbocycles. The molecule has 0 bridgehead atoms. The van der Waals surface area contributed by atoms with E-state index in [0.717, 1.165) is 13.0 Å². The van der Waals surface area contributed by atoms with E-state index < -0.39 is 0 Å². The lowest BCUT2D eigenvalue weighted by atomic mass is 10.1. The van der Waals surface area contributed by atoms with Crippen LogP contribution in [0.5, 0.6) is 0 Å². The normalized spacial score (nSPS) is 12.8. The molecule has 0 amide bonds. The molecule has 1 aromatic rings. The molecule has 1 atom stereocenters. The molecule has 0 aromatic heterocycles. The Labute approximate surface area is 131 Å². The summed E-state index contributed by atoms with van der Waals surface area (Å²) in [6.45, 7) is 4.44. The molecule has 0 radical (unpaired) electrons. The maximum atomic E-state index is 6.25. The molecule has 1 aromatic carbocycles. The van der Waals surface area contributed by atoms with Gasteiger partial charge in [0, 0.05) is 12.6 Å². The molecule has 0 fully saturated rings. The van der Waals surface area contributed by atoms with Crippen LogP contribution in [0.3, 0.4) is 0 Å². The quantitative estimate of drug-likeness (QED) is 0.583. The number of unbranched alkanes of at least 4 members (excludes halogenated alkanes) is 6. The van der Waals surface area contributed by atoms with Crippen LogP contribution in [0, 0.1) is 0 Å². The Kier molecular flexibility index (Phi) is 10.2. The van der Waals surface area contributed by atoms with E-state index in [0.29, 0.717) is 0 Å². The smallest absolute Gasteiger partial charge is 0.0208 e. The van der Waals surface area contributed by atoms with Crippen LogP contribution in [0.2, 0.25) is 0 Å². The predicted octanol–water partition coefficient (Wildman–Crippen LogP) is 4.24. The van der Waals surface area contributed by atoms with Crippen molar-refractivity contribution in [1.29, 1.82) is 0 Å². The Balaban J connectivity index is 2.03. The first-order valence-electron chi connectivity index (χ1n) is 8.70. The molecule has 120 valence electrons. The number of nitrogens with two attached hydrogens (primary N) is 1. The van der Waals surface area contributed by atoms with E-state index >= 15 is 0 Å². The van der Waals surface area contributed by atoms with Crippen LogP contribution < -0.4 is 5.73 Å². The highest BCUT2D eigenvalue weighted by molar-refractivity contribution is 5.15. The first-order chi connectivity index (χ1) is 10.2. The Morgan fingerprint density at radius 2 is 1.57 bits per heavy atom. The van der Waals surface area contributed by atoms with Crippen LogP contribution in [0.1, 0.15) is 57.4 Å². The van der Waals surface area contributed by atoms with Gasteiger partial charge in [-0.1, -0.05) is 75.8 Å². The minimum atomic E-state index is 0.238. The molecule has 0 aliphatic rings. The van der Waals surface area contributed by atoms with Gasteiger partial charge in [0.25, 0.3) is 0 Å². The topological polar surface area (TPSA) is 29.3 Å². The lowest BCUT2D eigenvalue weighted by Crippen LogP contribution is -2.37. The van der Waals surface area contributed by atoms with Crippen LogP contribution in [0.25, 0.3) is 0 Å². The van der Waals surface area contributed by atoms with Gasteiger partial charge in [-0.25, -0.2) is 0 Å². The zero-order valence-corrected chi connectivity index (χ0v) is 14.1. The Hall–Kier alpha value is -0.860. The molecule has 1 rings (SSSR count). The average molecular weight is 290 g/mol. The fourth-order valence-corrected chi connectivity index (χ4v) is 2.81. The van der Waals surface area contributed by atoms with Crippen molar-refractivity contribution in [3.8, 4) is 0 Å². The summed E-state index contributed by atoms with van der Waals surface area (Å²) in [7, 11) is 2.20. The van der Waals surface area contributed by atoms with Crippen molar-refractivity contribution in [2.75, 3.05) is 20.1 Å². The zero-order chi connectivity index (χ0) is 15.3. The van der Waals surface area contributed by atoms with Gasteiger partial charge in [0.05, 0.1) is 0 Å². The number of hydrogen-bond acceptors (Lipinski definition) is 2. The van der Waals surface area contributed by atoms with Crippen molar-refractivity contribution in [2.45, 2.75) is 64.3 Å². The standard InChI is InChI=1S/C19H34N2/c1-3-4-5-6-7-8-12-15-21(2)17-19(20)16-18-13-10-9-11-14-18/h9-11,13-14,19H,3-8,12,15-17,20H2,1-2H3/t19-/m0/s1. The second-order valence-corrected chi connectivity index (χ2v) is 6.33. The SMILES string of the molecule is CCCCCCCCCN(C)C[C@@H](N)Cc1ccccc1. The van der Waals surface area contributed by atoms with Gasteiger partial charge in [0.2, 0.25) is 0 Å². The van der Waals surface area contributed by atoms with Gasteiger partial charge in [-0.2, -0.15) is 0 Å². The van der Waals surface area contributed by atoms with Crippen molar-refractivity contribution < 1.29 is 0 Å². The molecule has 0 aliphatic carbocycles. The summed E-state index contributed by atoms with van der Waals surface area (Å²) in [5.41, 5.74) is 7.59. The third kappa shape index (κ3) is 9.65. The first-order valence-corrected chi connectivity index (χ1v) is 8.70. The Bertz CT molecular complexity index is 337. The summed E-state index contributed by atoms with van der Waals surface area (Å²) < 4.78 is 0. The summed E-state index contributed by atoms with van der Waals surface area (Å²) in [5, 5.41) is 0. The predicted molar refractivity (Wildman–Crippen MR) is 93.6 cm³/mol. The number of benzene rings is 1. The molecule has 0 aliphatic heterocycles. The third-order valence-electron chi connectivity index (χ3n) is 4.03. The Morgan fingerprint density at radius 3 is 2.24 bits per heavy atom. The second-order valence-electron chi connectivity index (χ2n) is 6.33. The molecule has 0 spiro atoms. The highest BCUT2D eigenvalue weighted by Crippen LogP contribution is 2.08. The fraction of sp³-hybridized carbons (Fsp3) is 0.684. The van der Waals surface area contributed by atoms with Gasteiger partial charge < -0.3 is 10.6 Å². The second kappa shape index (κ2) is 11.8. The molecule has 2 N–H and O–H groups in total. The summed E-state index contributed by atoms with van der Waals surface area (Å²) >= 11 is 0. The molecule has 2 nitrogen and oxygen atoms in total. The van der Waals surface area contributed by atoms with Gasteiger partial charge in [-0.3, -0.25) is 0 Å². The van der Waals surface area contributed by atoms with Gasteiger partial charge in [0.15, 0.2) is 0 Å². The highest BCUT2D eigenvalue weighted by Gasteiger charge is 2.07. The van der Waals surface area contributed by atoms with Crippen molar-refractivity contribution in [3.05, 3.63) is 35.9 Å². The molecule has 0 heterocycles. The number of likely N-dealkylation sites (N-methyl/N-ethyl adjacent to an activating group) is 1. The molecule has 21 heavy (non-hydrogen) atoms. The molecular weight excluding hydrogens is 256 g/mol. The van der Waals surface area contributed by atoms with Gasteiger partial charge in [0.1, 0.15) is 0 Å². The summed E-state index contributed by atoms with van der Waals surface area (Å²) in [6.07, 6.45) is 10.6. The van der Waals surface area contributed by atoms with E-state index in [1.54, 1.807) is 0 Å². The first kappa shape index (κ1) is 18.2. The van der Waals surface area contributed by atoms with Gasteiger partial charge in [-0.15, -0.1) is 0 Å². The fourth-order valence-electron chi connectivity index (χ4n) is 2.81. The van der Waals surface area contributed by atoms with Crippen molar-refractivity contribution in [3.63, 3.8) is 0 Å². The van der Waals surface area contributed by atoms with Crippen molar-refractivity contribution in [2.24, 2.45) is 5.73 Å². The Morgan fingerprint density at radius 1 is 0.952 bits per heavy atom. The molecule has 0 unspecified atom stereocenters. The van der Waals surface area contributed by atoms with Gasteiger partial charge in [-0.05, 0) is 32.0 Å². The van der Waals surface area contributed by atoms with Crippen LogP contribution in [0.15, 0.2) is 30.3 Å². The lowest BCUT2D eigenvalue weighted by Gasteiger charge is -2.21. The van der Waals surface area contributed by atoms with Crippen LogP contribution in [-0.4, -0.2) is 31.1 Å². The number of nitrogens with zero attached hydrogens (tertiary/aromatic N) is 1. The van der Waals surface area contributed by atoms with E-state index in [4.69, 9.17) is 5.73 Å². The lowest BCUT2D eigenvalue weighted by molar-refractivity contribution is 0.301. The average Bonchev–Trinajstić information content (AvgIpc) is 2.47. The summed E-state index contributed by atoms with van der Waals surface area (Å²) in [4.78, 5) is 2.39. The minimum absolute atomic E-state index is 0.238. The third-order valence-corrected chi connectivity index (χ3v) is 4.03. The molecule has 0 saturated heterocycles. The zero-order valence-electron chi connectivity index (χ0n) is 14.1. The number of rotatable bonds is 12. The monoisotopic (exact) mass is 290 g/mol. The largest absolute Gasteiger partial charge is 0.326 e. The maximum Gasteiger partial charge on any atom is 0.0208 e. The molecular formula is C19H34N2.